The van der Waals surface area contributed by atoms with Crippen molar-refractivity contribution >= 4 is 5.91 Å². The van der Waals surface area contributed by atoms with Crippen molar-refractivity contribution in [3.63, 3.8) is 0 Å². The SMILES string of the molecule is COCCN(CCCN(C)C)C(=O)c1cn[nH]c1C. The molecule has 108 valence electrons. The Kier molecular flexibility index (Phi) is 6.52. The van der Waals surface area contributed by atoms with Crippen LogP contribution in [0.1, 0.15) is 22.5 Å². The summed E-state index contributed by atoms with van der Waals surface area (Å²) in [6.07, 6.45) is 2.53. The second-order valence-electron chi connectivity index (χ2n) is 4.85. The number of H-pyrrole nitrogens is 1. The Labute approximate surface area is 114 Å². The average molecular weight is 268 g/mol. The molecule has 6 heteroatoms. The molecule has 1 N–H and O–H groups in total. The van der Waals surface area contributed by atoms with E-state index in [1.165, 1.54) is 0 Å². The van der Waals surface area contributed by atoms with E-state index in [9.17, 15) is 4.79 Å². The fraction of sp³-hybridized carbons (Fsp3) is 0.692. The van der Waals surface area contributed by atoms with E-state index in [1.54, 1.807) is 13.3 Å². The Balaban J connectivity index is 2.62. The Hall–Kier alpha value is -1.40. The van der Waals surface area contributed by atoms with E-state index in [0.29, 0.717) is 18.7 Å². The van der Waals surface area contributed by atoms with Gasteiger partial charge in [-0.15, -0.1) is 0 Å². The molecule has 0 saturated heterocycles. The monoisotopic (exact) mass is 268 g/mol. The van der Waals surface area contributed by atoms with Gasteiger partial charge in [-0.3, -0.25) is 9.89 Å². The standard InChI is InChI=1S/C13H24N4O2/c1-11-12(10-14-15-11)13(18)17(8-9-19-4)7-5-6-16(2)3/h10H,5-9H2,1-4H3,(H,14,15). The maximum absolute atomic E-state index is 12.4. The van der Waals surface area contributed by atoms with Crippen molar-refractivity contribution in [3.05, 3.63) is 17.5 Å². The van der Waals surface area contributed by atoms with Gasteiger partial charge >= 0.3 is 0 Å². The van der Waals surface area contributed by atoms with E-state index >= 15 is 0 Å². The van der Waals surface area contributed by atoms with Crippen LogP contribution in [0.3, 0.4) is 0 Å². The lowest BCUT2D eigenvalue weighted by atomic mass is 10.2. The van der Waals surface area contributed by atoms with Gasteiger partial charge in [0, 0.05) is 25.9 Å². The number of aromatic nitrogens is 2. The first-order chi connectivity index (χ1) is 9.06. The quantitative estimate of drug-likeness (QED) is 0.756. The summed E-state index contributed by atoms with van der Waals surface area (Å²) >= 11 is 0. The summed E-state index contributed by atoms with van der Waals surface area (Å²) in [6, 6.07) is 0. The number of aromatic amines is 1. The number of carbonyl (C=O) groups excluding carboxylic acids is 1. The van der Waals surface area contributed by atoms with Crippen molar-refractivity contribution in [2.24, 2.45) is 0 Å². The van der Waals surface area contributed by atoms with Crippen LogP contribution in [0.4, 0.5) is 0 Å². The van der Waals surface area contributed by atoms with Crippen molar-refractivity contribution in [1.29, 1.82) is 0 Å². The maximum atomic E-state index is 12.4. The molecular formula is C13H24N4O2. The number of methoxy groups -OCH3 is 1. The van der Waals surface area contributed by atoms with Crippen molar-refractivity contribution < 1.29 is 9.53 Å². The second kappa shape index (κ2) is 7.91. The highest BCUT2D eigenvalue weighted by molar-refractivity contribution is 5.95. The minimum absolute atomic E-state index is 0.0158. The number of carbonyl (C=O) groups is 1. The number of rotatable bonds is 8. The first kappa shape index (κ1) is 15.7. The molecule has 1 amide bonds. The zero-order valence-corrected chi connectivity index (χ0v) is 12.3. The van der Waals surface area contributed by atoms with Gasteiger partial charge in [0.25, 0.3) is 5.91 Å². The highest BCUT2D eigenvalue weighted by Gasteiger charge is 2.18. The van der Waals surface area contributed by atoms with E-state index in [1.807, 2.05) is 25.9 Å². The Morgan fingerprint density at radius 2 is 2.11 bits per heavy atom. The first-order valence-corrected chi connectivity index (χ1v) is 6.49. The number of nitrogens with zero attached hydrogens (tertiary/aromatic N) is 3. The summed E-state index contributed by atoms with van der Waals surface area (Å²) in [5.41, 5.74) is 1.45. The Morgan fingerprint density at radius 1 is 1.37 bits per heavy atom. The molecule has 0 saturated carbocycles. The molecule has 0 fully saturated rings. The third-order valence-electron chi connectivity index (χ3n) is 2.95. The molecule has 1 aromatic heterocycles. The lowest BCUT2D eigenvalue weighted by molar-refractivity contribution is 0.0688. The van der Waals surface area contributed by atoms with E-state index < -0.39 is 0 Å². The van der Waals surface area contributed by atoms with Crippen LogP contribution < -0.4 is 0 Å². The highest BCUT2D eigenvalue weighted by atomic mass is 16.5. The lowest BCUT2D eigenvalue weighted by Crippen LogP contribution is -2.36. The van der Waals surface area contributed by atoms with Crippen LogP contribution in [0.5, 0.6) is 0 Å². The van der Waals surface area contributed by atoms with E-state index in [0.717, 1.165) is 25.2 Å². The summed E-state index contributed by atoms with van der Waals surface area (Å²) < 4.78 is 5.07. The number of hydrogen-bond acceptors (Lipinski definition) is 4. The van der Waals surface area contributed by atoms with Gasteiger partial charge in [-0.1, -0.05) is 0 Å². The third kappa shape index (κ3) is 5.00. The zero-order valence-electron chi connectivity index (χ0n) is 12.3. The fourth-order valence-electron chi connectivity index (χ4n) is 1.83. The number of amides is 1. The van der Waals surface area contributed by atoms with Crippen molar-refractivity contribution in [2.75, 3.05) is 47.4 Å². The normalized spacial score (nSPS) is 11.0. The molecule has 0 aliphatic rings. The van der Waals surface area contributed by atoms with Crippen LogP contribution in [0.15, 0.2) is 6.20 Å². The number of aryl methyl sites for hydroxylation is 1. The molecule has 1 aromatic rings. The van der Waals surface area contributed by atoms with E-state index in [2.05, 4.69) is 15.1 Å². The molecule has 0 unspecified atom stereocenters. The number of ether oxygens (including phenoxy) is 1. The van der Waals surface area contributed by atoms with Crippen molar-refractivity contribution in [2.45, 2.75) is 13.3 Å². The van der Waals surface area contributed by atoms with Gasteiger partial charge in [0.2, 0.25) is 0 Å². The van der Waals surface area contributed by atoms with E-state index in [4.69, 9.17) is 4.74 Å². The minimum atomic E-state index is 0.0158. The van der Waals surface area contributed by atoms with Gasteiger partial charge in [-0.05, 0) is 34.0 Å². The average Bonchev–Trinajstić information content (AvgIpc) is 2.78. The summed E-state index contributed by atoms with van der Waals surface area (Å²) in [4.78, 5) is 16.3. The maximum Gasteiger partial charge on any atom is 0.257 e. The molecule has 1 rings (SSSR count). The minimum Gasteiger partial charge on any atom is -0.383 e. The van der Waals surface area contributed by atoms with Crippen molar-refractivity contribution in [3.8, 4) is 0 Å². The predicted molar refractivity (Wildman–Crippen MR) is 74.3 cm³/mol. The lowest BCUT2D eigenvalue weighted by Gasteiger charge is -2.23. The van der Waals surface area contributed by atoms with Crippen LogP contribution in [0, 0.1) is 6.92 Å². The molecule has 0 radical (unpaired) electrons. The molecule has 1 heterocycles. The van der Waals surface area contributed by atoms with Gasteiger partial charge < -0.3 is 14.5 Å². The van der Waals surface area contributed by atoms with E-state index in [-0.39, 0.29) is 5.91 Å². The van der Waals surface area contributed by atoms with Gasteiger partial charge in [-0.2, -0.15) is 5.10 Å². The van der Waals surface area contributed by atoms with Gasteiger partial charge in [-0.25, -0.2) is 0 Å². The van der Waals surface area contributed by atoms with Gasteiger partial charge in [0.1, 0.15) is 0 Å². The van der Waals surface area contributed by atoms with Crippen LogP contribution in [0.25, 0.3) is 0 Å². The molecule has 0 atom stereocenters. The van der Waals surface area contributed by atoms with Crippen LogP contribution >= 0.6 is 0 Å². The zero-order chi connectivity index (χ0) is 14.3. The second-order valence-corrected chi connectivity index (χ2v) is 4.85. The van der Waals surface area contributed by atoms with Gasteiger partial charge in [0.15, 0.2) is 0 Å². The third-order valence-corrected chi connectivity index (χ3v) is 2.95. The number of hydrogen-bond donors (Lipinski definition) is 1. The first-order valence-electron chi connectivity index (χ1n) is 6.49. The topological polar surface area (TPSA) is 61.5 Å². The molecule has 6 nitrogen and oxygen atoms in total. The smallest absolute Gasteiger partial charge is 0.257 e. The van der Waals surface area contributed by atoms with Crippen LogP contribution in [-0.4, -0.2) is 73.4 Å². The molecule has 0 aromatic carbocycles. The largest absolute Gasteiger partial charge is 0.383 e. The predicted octanol–water partition coefficient (Wildman–Crippen LogP) is 0.758. The van der Waals surface area contributed by atoms with Crippen molar-refractivity contribution in [1.82, 2.24) is 20.0 Å². The fourth-order valence-corrected chi connectivity index (χ4v) is 1.83. The Bertz CT molecular complexity index is 390. The van der Waals surface area contributed by atoms with Crippen LogP contribution in [-0.2, 0) is 4.74 Å². The molecule has 0 aliphatic carbocycles. The molecular weight excluding hydrogens is 244 g/mol. The summed E-state index contributed by atoms with van der Waals surface area (Å²) in [5, 5.41) is 6.70. The molecule has 19 heavy (non-hydrogen) atoms. The van der Waals surface area contributed by atoms with Crippen LogP contribution in [0.2, 0.25) is 0 Å². The molecule has 0 aliphatic heterocycles. The summed E-state index contributed by atoms with van der Waals surface area (Å²) in [7, 11) is 5.70. The highest BCUT2D eigenvalue weighted by Crippen LogP contribution is 2.08. The van der Waals surface area contributed by atoms with Gasteiger partial charge in [0.05, 0.1) is 18.4 Å². The molecule has 0 spiro atoms. The summed E-state index contributed by atoms with van der Waals surface area (Å²) in [5.74, 6) is 0.0158. The molecule has 0 bridgehead atoms. The Morgan fingerprint density at radius 3 is 2.63 bits per heavy atom. The number of nitrogens with one attached hydrogen (secondary N) is 1. The summed E-state index contributed by atoms with van der Waals surface area (Å²) in [6.45, 7) is 4.69.